The van der Waals surface area contributed by atoms with E-state index in [9.17, 15) is 9.90 Å². The number of amides is 1. The number of aromatic hydroxyl groups is 1. The molecule has 0 saturated carbocycles. The van der Waals surface area contributed by atoms with E-state index in [0.29, 0.717) is 35.6 Å². The highest BCUT2D eigenvalue weighted by Gasteiger charge is 2.22. The third-order valence-corrected chi connectivity index (χ3v) is 5.80. The van der Waals surface area contributed by atoms with Crippen LogP contribution in [0.25, 0.3) is 16.9 Å². The van der Waals surface area contributed by atoms with Crippen molar-refractivity contribution in [3.63, 3.8) is 0 Å². The molecule has 0 aliphatic carbocycles. The first kappa shape index (κ1) is 21.5. The van der Waals surface area contributed by atoms with E-state index in [1.54, 1.807) is 36.5 Å². The van der Waals surface area contributed by atoms with Crippen LogP contribution in [-0.4, -0.2) is 68.3 Å². The third-order valence-electron chi connectivity index (χ3n) is 5.80. The fourth-order valence-electron chi connectivity index (χ4n) is 4.05. The second-order valence-corrected chi connectivity index (χ2v) is 7.97. The molecule has 164 valence electrons. The topological polar surface area (TPSA) is 98.3 Å². The Hall–Kier alpha value is -3.70. The van der Waals surface area contributed by atoms with Gasteiger partial charge in [-0.05, 0) is 55.3 Å². The first-order chi connectivity index (χ1) is 15.5. The number of benzene rings is 1. The van der Waals surface area contributed by atoms with Crippen LogP contribution in [0.5, 0.6) is 5.88 Å². The van der Waals surface area contributed by atoms with Crippen molar-refractivity contribution in [1.82, 2.24) is 24.6 Å². The summed E-state index contributed by atoms with van der Waals surface area (Å²) in [5, 5.41) is 24.1. The smallest absolute Gasteiger partial charge is 0.255 e. The summed E-state index contributed by atoms with van der Waals surface area (Å²) in [6, 6.07) is 10.8. The van der Waals surface area contributed by atoms with Gasteiger partial charge in [0.2, 0.25) is 5.88 Å². The molecule has 3 aromatic rings. The molecule has 1 N–H and O–H groups in total. The van der Waals surface area contributed by atoms with Crippen molar-refractivity contribution in [2.45, 2.75) is 20.3 Å². The van der Waals surface area contributed by atoms with Crippen molar-refractivity contribution in [2.24, 2.45) is 0 Å². The maximum atomic E-state index is 12.8. The molecule has 8 heteroatoms. The van der Waals surface area contributed by atoms with Crippen LogP contribution in [-0.2, 0) is 0 Å². The molecule has 0 radical (unpaired) electrons. The van der Waals surface area contributed by atoms with Crippen molar-refractivity contribution >= 4 is 5.91 Å². The molecule has 1 aliphatic heterocycles. The quantitative estimate of drug-likeness (QED) is 0.668. The number of hydrogen-bond donors (Lipinski definition) is 1. The number of nitrogens with zero attached hydrogens (tertiary/aromatic N) is 6. The standard InChI is InChI=1S/C24H26N6O2/c1-3-8-28-9-11-29(12-10-28)23(31)19-5-7-22(26-15-19)30-24(32)21(16-27-30)20-6-4-18(14-25)13-17(20)2/h4-7,13,15-16,32H,3,8-12H2,1-2H3. The zero-order valence-electron chi connectivity index (χ0n) is 18.3. The van der Waals surface area contributed by atoms with Gasteiger partial charge in [0.05, 0.1) is 29.0 Å². The number of carbonyl (C=O) groups is 1. The number of hydrogen-bond acceptors (Lipinski definition) is 6. The lowest BCUT2D eigenvalue weighted by Crippen LogP contribution is -2.48. The largest absolute Gasteiger partial charge is 0.493 e. The van der Waals surface area contributed by atoms with Gasteiger partial charge in [0.25, 0.3) is 5.91 Å². The predicted molar refractivity (Wildman–Crippen MR) is 121 cm³/mol. The summed E-state index contributed by atoms with van der Waals surface area (Å²) in [7, 11) is 0. The Morgan fingerprint density at radius 3 is 2.53 bits per heavy atom. The zero-order chi connectivity index (χ0) is 22.7. The van der Waals surface area contributed by atoms with Gasteiger partial charge in [0.15, 0.2) is 5.82 Å². The van der Waals surface area contributed by atoms with Crippen LogP contribution >= 0.6 is 0 Å². The number of aromatic nitrogens is 3. The summed E-state index contributed by atoms with van der Waals surface area (Å²) < 4.78 is 1.34. The van der Waals surface area contributed by atoms with Crippen LogP contribution in [0.15, 0.2) is 42.7 Å². The lowest BCUT2D eigenvalue weighted by Gasteiger charge is -2.34. The van der Waals surface area contributed by atoms with Crippen molar-refractivity contribution in [2.75, 3.05) is 32.7 Å². The summed E-state index contributed by atoms with van der Waals surface area (Å²) in [6.07, 6.45) is 4.22. The van der Waals surface area contributed by atoms with Crippen molar-refractivity contribution in [1.29, 1.82) is 5.26 Å². The molecule has 1 aliphatic rings. The minimum atomic E-state index is -0.0450. The Balaban J connectivity index is 1.51. The number of rotatable bonds is 5. The first-order valence-electron chi connectivity index (χ1n) is 10.8. The first-order valence-corrected chi connectivity index (χ1v) is 10.8. The third kappa shape index (κ3) is 4.20. The molecule has 0 unspecified atom stereocenters. The lowest BCUT2D eigenvalue weighted by molar-refractivity contribution is 0.0637. The molecular formula is C24H26N6O2. The monoisotopic (exact) mass is 430 g/mol. The van der Waals surface area contributed by atoms with E-state index in [1.165, 1.54) is 10.9 Å². The van der Waals surface area contributed by atoms with E-state index in [-0.39, 0.29) is 11.8 Å². The highest BCUT2D eigenvalue weighted by Crippen LogP contribution is 2.33. The van der Waals surface area contributed by atoms with E-state index in [2.05, 4.69) is 28.0 Å². The van der Waals surface area contributed by atoms with Crippen molar-refractivity contribution in [3.8, 4) is 28.9 Å². The van der Waals surface area contributed by atoms with Crippen LogP contribution in [0, 0.1) is 18.3 Å². The van der Waals surface area contributed by atoms with E-state index in [1.807, 2.05) is 11.8 Å². The fourth-order valence-corrected chi connectivity index (χ4v) is 4.05. The zero-order valence-corrected chi connectivity index (χ0v) is 18.3. The molecule has 0 bridgehead atoms. The van der Waals surface area contributed by atoms with Crippen LogP contribution in [0.3, 0.4) is 0 Å². The normalized spacial score (nSPS) is 14.3. The number of carbonyl (C=O) groups excluding carboxylic acids is 1. The fraction of sp³-hybridized carbons (Fsp3) is 0.333. The molecule has 0 spiro atoms. The van der Waals surface area contributed by atoms with Gasteiger partial charge < -0.3 is 10.0 Å². The predicted octanol–water partition coefficient (Wildman–Crippen LogP) is 2.99. The van der Waals surface area contributed by atoms with Gasteiger partial charge in [-0.3, -0.25) is 9.69 Å². The molecule has 1 aromatic carbocycles. The van der Waals surface area contributed by atoms with E-state index in [0.717, 1.165) is 37.2 Å². The number of aryl methyl sites for hydroxylation is 1. The van der Waals surface area contributed by atoms with Gasteiger partial charge in [-0.25, -0.2) is 4.98 Å². The molecule has 1 amide bonds. The van der Waals surface area contributed by atoms with Crippen LogP contribution in [0.4, 0.5) is 0 Å². The van der Waals surface area contributed by atoms with Gasteiger partial charge in [-0.15, -0.1) is 0 Å². The van der Waals surface area contributed by atoms with Gasteiger partial charge in [0.1, 0.15) is 0 Å². The minimum absolute atomic E-state index is 0.0289. The Morgan fingerprint density at radius 1 is 1.12 bits per heavy atom. The second-order valence-electron chi connectivity index (χ2n) is 7.97. The van der Waals surface area contributed by atoms with Crippen molar-refractivity contribution in [3.05, 3.63) is 59.4 Å². The van der Waals surface area contributed by atoms with Gasteiger partial charge in [-0.2, -0.15) is 15.0 Å². The SMILES string of the molecule is CCCN1CCN(C(=O)c2ccc(-n3ncc(-c4ccc(C#N)cc4C)c3O)nc2)CC1. The van der Waals surface area contributed by atoms with Crippen LogP contribution in [0.1, 0.15) is 34.8 Å². The lowest BCUT2D eigenvalue weighted by atomic mass is 10.0. The molecular weight excluding hydrogens is 404 g/mol. The summed E-state index contributed by atoms with van der Waals surface area (Å²) in [6.45, 7) is 8.33. The molecule has 32 heavy (non-hydrogen) atoms. The van der Waals surface area contributed by atoms with E-state index < -0.39 is 0 Å². The highest BCUT2D eigenvalue weighted by molar-refractivity contribution is 5.94. The molecule has 2 aromatic heterocycles. The number of piperazine rings is 1. The van der Waals surface area contributed by atoms with Crippen molar-refractivity contribution < 1.29 is 9.90 Å². The van der Waals surface area contributed by atoms with E-state index >= 15 is 0 Å². The summed E-state index contributed by atoms with van der Waals surface area (Å²) >= 11 is 0. The maximum absolute atomic E-state index is 12.8. The Morgan fingerprint density at radius 2 is 1.91 bits per heavy atom. The van der Waals surface area contributed by atoms with E-state index in [4.69, 9.17) is 5.26 Å². The molecule has 4 rings (SSSR count). The van der Waals surface area contributed by atoms with Crippen LogP contribution < -0.4 is 0 Å². The highest BCUT2D eigenvalue weighted by atomic mass is 16.3. The summed E-state index contributed by atoms with van der Waals surface area (Å²) in [5.41, 5.74) is 3.30. The average Bonchev–Trinajstić information content (AvgIpc) is 3.20. The molecule has 1 saturated heterocycles. The maximum Gasteiger partial charge on any atom is 0.255 e. The molecule has 0 atom stereocenters. The van der Waals surface area contributed by atoms with Gasteiger partial charge in [-0.1, -0.05) is 13.0 Å². The minimum Gasteiger partial charge on any atom is -0.493 e. The van der Waals surface area contributed by atoms with Gasteiger partial charge >= 0.3 is 0 Å². The second kappa shape index (κ2) is 9.20. The van der Waals surface area contributed by atoms with Crippen LogP contribution in [0.2, 0.25) is 0 Å². The molecule has 8 nitrogen and oxygen atoms in total. The van der Waals surface area contributed by atoms with Gasteiger partial charge in [0, 0.05) is 32.4 Å². The summed E-state index contributed by atoms with van der Waals surface area (Å²) in [5.74, 6) is 0.347. The molecule has 1 fully saturated rings. The number of pyridine rings is 1. The Labute approximate surface area is 187 Å². The Bertz CT molecular complexity index is 1150. The average molecular weight is 431 g/mol. The number of nitriles is 1. The Kier molecular flexibility index (Phi) is 6.19. The molecule has 3 heterocycles. The summed E-state index contributed by atoms with van der Waals surface area (Å²) in [4.78, 5) is 21.4.